The number of nitro groups is 1. The smallest absolute Gasteiger partial charge is 0.292 e. The lowest BCUT2D eigenvalue weighted by atomic mass is 9.82. The van der Waals surface area contributed by atoms with Crippen LogP contribution in [0.15, 0.2) is 22.7 Å². The van der Waals surface area contributed by atoms with Crippen LogP contribution in [-0.2, 0) is 0 Å². The molecule has 2 rings (SSSR count). The summed E-state index contributed by atoms with van der Waals surface area (Å²) in [5, 5.41) is 14.2. The van der Waals surface area contributed by atoms with Gasteiger partial charge in [-0.05, 0) is 36.8 Å². The van der Waals surface area contributed by atoms with Crippen LogP contribution in [0.1, 0.15) is 32.6 Å². The van der Waals surface area contributed by atoms with Gasteiger partial charge in [0.2, 0.25) is 0 Å². The molecule has 0 amide bonds. The van der Waals surface area contributed by atoms with Gasteiger partial charge in [0.05, 0.1) is 4.92 Å². The zero-order valence-corrected chi connectivity index (χ0v) is 12.6. The summed E-state index contributed by atoms with van der Waals surface area (Å²) < 4.78 is 0.859. The number of nitrogens with one attached hydrogen (secondary N) is 1. The number of nitrogens with zero attached hydrogens (tertiary/aromatic N) is 1. The van der Waals surface area contributed by atoms with Crippen LogP contribution < -0.4 is 5.32 Å². The maximum atomic E-state index is 11.0. The van der Waals surface area contributed by atoms with Gasteiger partial charge < -0.3 is 5.32 Å². The first kappa shape index (κ1) is 14.3. The van der Waals surface area contributed by atoms with E-state index in [4.69, 9.17) is 0 Å². The Bertz CT molecular complexity index is 465. The minimum Gasteiger partial charge on any atom is -0.379 e. The van der Waals surface area contributed by atoms with Crippen LogP contribution in [0.3, 0.4) is 0 Å². The molecule has 0 aliphatic heterocycles. The van der Waals surface area contributed by atoms with Crippen molar-refractivity contribution in [1.82, 2.24) is 0 Å². The van der Waals surface area contributed by atoms with Crippen LogP contribution in [0.2, 0.25) is 0 Å². The van der Waals surface area contributed by atoms with E-state index in [9.17, 15) is 10.1 Å². The third kappa shape index (κ3) is 3.93. The summed E-state index contributed by atoms with van der Waals surface area (Å²) >= 11 is 3.36. The van der Waals surface area contributed by atoms with Crippen LogP contribution in [0, 0.1) is 22.0 Å². The number of halogens is 1. The molecule has 0 bridgehead atoms. The van der Waals surface area contributed by atoms with Gasteiger partial charge >= 0.3 is 0 Å². The minimum atomic E-state index is -0.335. The number of hydrogen-bond acceptors (Lipinski definition) is 3. The fourth-order valence-corrected chi connectivity index (χ4v) is 3.17. The van der Waals surface area contributed by atoms with Crippen LogP contribution in [0.25, 0.3) is 0 Å². The van der Waals surface area contributed by atoms with E-state index in [1.165, 1.54) is 31.7 Å². The topological polar surface area (TPSA) is 55.2 Å². The van der Waals surface area contributed by atoms with Gasteiger partial charge in [0.25, 0.3) is 5.69 Å². The molecule has 1 aromatic carbocycles. The molecule has 104 valence electrons. The minimum absolute atomic E-state index is 0.145. The molecule has 1 aromatic rings. The number of benzene rings is 1. The quantitative estimate of drug-likeness (QED) is 0.650. The largest absolute Gasteiger partial charge is 0.379 e. The summed E-state index contributed by atoms with van der Waals surface area (Å²) in [6, 6.07) is 5.02. The lowest BCUT2D eigenvalue weighted by molar-refractivity contribution is -0.384. The number of nitro benzene ring substituents is 1. The molecule has 4 nitrogen and oxygen atoms in total. The van der Waals surface area contributed by atoms with Gasteiger partial charge in [0.1, 0.15) is 5.69 Å². The molecule has 1 aliphatic carbocycles. The second-order valence-electron chi connectivity index (χ2n) is 5.44. The normalized spacial score (nSPS) is 23.1. The Morgan fingerprint density at radius 1 is 1.47 bits per heavy atom. The molecule has 1 fully saturated rings. The van der Waals surface area contributed by atoms with Crippen molar-refractivity contribution in [3.63, 3.8) is 0 Å². The monoisotopic (exact) mass is 326 g/mol. The van der Waals surface area contributed by atoms with Crippen molar-refractivity contribution < 1.29 is 4.92 Å². The standard InChI is InChI=1S/C14H19BrN2O2/c1-10-3-2-4-11(7-10)9-16-13-8-12(15)5-6-14(13)17(18)19/h5-6,8,10-11,16H,2-4,7,9H2,1H3. The lowest BCUT2D eigenvalue weighted by Crippen LogP contribution is -2.21. The fraction of sp³-hybridized carbons (Fsp3) is 0.571. The highest BCUT2D eigenvalue weighted by atomic mass is 79.9. The first-order valence-electron chi connectivity index (χ1n) is 6.74. The molecule has 0 aromatic heterocycles. The first-order chi connectivity index (χ1) is 9.06. The second-order valence-corrected chi connectivity index (χ2v) is 6.35. The average Bonchev–Trinajstić information content (AvgIpc) is 2.36. The highest BCUT2D eigenvalue weighted by molar-refractivity contribution is 9.10. The van der Waals surface area contributed by atoms with E-state index in [1.807, 2.05) is 0 Å². The van der Waals surface area contributed by atoms with E-state index >= 15 is 0 Å². The molecule has 1 aliphatic rings. The third-order valence-corrected chi connectivity index (χ3v) is 4.27. The summed E-state index contributed by atoms with van der Waals surface area (Å²) in [7, 11) is 0. The van der Waals surface area contributed by atoms with Gasteiger partial charge in [-0.2, -0.15) is 0 Å². The number of hydrogen-bond donors (Lipinski definition) is 1. The molecule has 2 atom stereocenters. The van der Waals surface area contributed by atoms with Gasteiger partial charge in [-0.3, -0.25) is 10.1 Å². The zero-order valence-electron chi connectivity index (χ0n) is 11.1. The van der Waals surface area contributed by atoms with Gasteiger partial charge in [-0.15, -0.1) is 0 Å². The molecular weight excluding hydrogens is 308 g/mol. The van der Waals surface area contributed by atoms with Crippen molar-refractivity contribution >= 4 is 27.3 Å². The van der Waals surface area contributed by atoms with E-state index in [1.54, 1.807) is 12.1 Å². The zero-order chi connectivity index (χ0) is 13.8. The van der Waals surface area contributed by atoms with Crippen LogP contribution >= 0.6 is 15.9 Å². The van der Waals surface area contributed by atoms with Crippen molar-refractivity contribution in [2.45, 2.75) is 32.6 Å². The van der Waals surface area contributed by atoms with E-state index < -0.39 is 0 Å². The van der Waals surface area contributed by atoms with Crippen molar-refractivity contribution in [2.24, 2.45) is 11.8 Å². The van der Waals surface area contributed by atoms with E-state index in [2.05, 4.69) is 28.2 Å². The molecule has 2 unspecified atom stereocenters. The summed E-state index contributed by atoms with van der Waals surface area (Å²) in [4.78, 5) is 10.7. The molecular formula is C14H19BrN2O2. The Morgan fingerprint density at radius 2 is 2.26 bits per heavy atom. The predicted molar refractivity (Wildman–Crippen MR) is 80.4 cm³/mol. The molecule has 1 saturated carbocycles. The van der Waals surface area contributed by atoms with E-state index in [-0.39, 0.29) is 10.6 Å². The van der Waals surface area contributed by atoms with E-state index in [0.29, 0.717) is 11.6 Å². The van der Waals surface area contributed by atoms with Gasteiger partial charge in [0, 0.05) is 17.1 Å². The van der Waals surface area contributed by atoms with Crippen molar-refractivity contribution in [1.29, 1.82) is 0 Å². The molecule has 19 heavy (non-hydrogen) atoms. The average molecular weight is 327 g/mol. The molecule has 1 N–H and O–H groups in total. The molecule has 0 radical (unpaired) electrons. The maximum Gasteiger partial charge on any atom is 0.292 e. The van der Waals surface area contributed by atoms with Crippen molar-refractivity contribution in [3.05, 3.63) is 32.8 Å². The summed E-state index contributed by atoms with van der Waals surface area (Å²) in [5.74, 6) is 1.40. The van der Waals surface area contributed by atoms with Gasteiger partial charge in [0.15, 0.2) is 0 Å². The second kappa shape index (κ2) is 6.37. The Labute approximate surface area is 121 Å². The summed E-state index contributed by atoms with van der Waals surface area (Å²) in [6.45, 7) is 3.11. The maximum absolute atomic E-state index is 11.0. The Morgan fingerprint density at radius 3 is 2.95 bits per heavy atom. The molecule has 5 heteroatoms. The third-order valence-electron chi connectivity index (χ3n) is 3.78. The van der Waals surface area contributed by atoms with Gasteiger partial charge in [-0.1, -0.05) is 35.7 Å². The van der Waals surface area contributed by atoms with Crippen molar-refractivity contribution in [3.8, 4) is 0 Å². The number of rotatable bonds is 4. The Kier molecular flexibility index (Phi) is 4.80. The van der Waals surface area contributed by atoms with Crippen LogP contribution in [0.4, 0.5) is 11.4 Å². The van der Waals surface area contributed by atoms with Crippen LogP contribution in [0.5, 0.6) is 0 Å². The summed E-state index contributed by atoms with van der Waals surface area (Å²) in [5.41, 5.74) is 0.754. The molecule has 0 spiro atoms. The van der Waals surface area contributed by atoms with Crippen LogP contribution in [-0.4, -0.2) is 11.5 Å². The summed E-state index contributed by atoms with van der Waals surface area (Å²) in [6.07, 6.45) is 5.02. The lowest BCUT2D eigenvalue weighted by Gasteiger charge is -2.27. The predicted octanol–water partition coefficient (Wildman–Crippen LogP) is 4.60. The fourth-order valence-electron chi connectivity index (χ4n) is 2.81. The molecule has 0 heterocycles. The molecule has 0 saturated heterocycles. The SMILES string of the molecule is CC1CCCC(CNc2cc(Br)ccc2[N+](=O)[O-])C1. The highest BCUT2D eigenvalue weighted by Gasteiger charge is 2.20. The Hall–Kier alpha value is -1.10. The van der Waals surface area contributed by atoms with Crippen molar-refractivity contribution in [2.75, 3.05) is 11.9 Å². The highest BCUT2D eigenvalue weighted by Crippen LogP contribution is 2.31. The first-order valence-corrected chi connectivity index (χ1v) is 7.53. The van der Waals surface area contributed by atoms with Gasteiger partial charge in [-0.25, -0.2) is 0 Å². The van der Waals surface area contributed by atoms with E-state index in [0.717, 1.165) is 16.9 Å². The number of anilines is 1. The Balaban J connectivity index is 2.02.